The van der Waals surface area contributed by atoms with E-state index in [0.717, 1.165) is 23.7 Å². The van der Waals surface area contributed by atoms with Crippen molar-refractivity contribution < 1.29 is 19.4 Å². The number of amides is 2. The number of hydrogen-bond acceptors (Lipinski definition) is 6. The van der Waals surface area contributed by atoms with Crippen LogP contribution in [-0.4, -0.2) is 60.3 Å². The van der Waals surface area contributed by atoms with Crippen molar-refractivity contribution in [2.24, 2.45) is 0 Å². The van der Waals surface area contributed by atoms with Gasteiger partial charge in [-0.2, -0.15) is 0 Å². The second-order valence-corrected chi connectivity index (χ2v) is 6.94. The van der Waals surface area contributed by atoms with Gasteiger partial charge in [0.15, 0.2) is 0 Å². The van der Waals surface area contributed by atoms with Crippen LogP contribution in [0.15, 0.2) is 30.0 Å². The minimum atomic E-state index is -0.458. The third-order valence-corrected chi connectivity index (χ3v) is 4.62. The van der Waals surface area contributed by atoms with E-state index >= 15 is 0 Å². The molecular weight excluding hydrogens is 358 g/mol. The van der Waals surface area contributed by atoms with Crippen LogP contribution in [0.25, 0.3) is 0 Å². The minimum absolute atomic E-state index is 0.0214. The lowest BCUT2D eigenvalue weighted by Crippen LogP contribution is -2.45. The number of imide groups is 1. The molecule has 1 aromatic carbocycles. The number of anilines is 2. The van der Waals surface area contributed by atoms with Crippen molar-refractivity contribution in [3.63, 3.8) is 0 Å². The van der Waals surface area contributed by atoms with E-state index in [1.165, 1.54) is 6.08 Å². The normalized spacial score (nSPS) is 23.5. The molecule has 1 saturated heterocycles. The third kappa shape index (κ3) is 3.85. The monoisotopic (exact) mass is 379 g/mol. The Hall–Kier alpha value is -2.09. The molecule has 2 aliphatic rings. The summed E-state index contributed by atoms with van der Waals surface area (Å²) >= 11 is 6.45. The first-order valence-electron chi connectivity index (χ1n) is 8.54. The predicted molar refractivity (Wildman–Crippen MR) is 99.2 cm³/mol. The number of aliphatic hydroxyl groups is 1. The topological polar surface area (TPSA) is 82.1 Å². The number of halogens is 1. The fraction of sp³-hybridized carbons (Fsp3) is 0.444. The molecule has 2 heterocycles. The minimum Gasteiger partial charge on any atom is -0.395 e. The van der Waals surface area contributed by atoms with Gasteiger partial charge in [-0.15, -0.1) is 0 Å². The molecule has 2 N–H and O–H groups in total. The van der Waals surface area contributed by atoms with Crippen LogP contribution in [0, 0.1) is 0 Å². The van der Waals surface area contributed by atoms with Gasteiger partial charge in [0.05, 0.1) is 36.1 Å². The highest BCUT2D eigenvalue weighted by atomic mass is 35.5. The van der Waals surface area contributed by atoms with E-state index in [2.05, 4.69) is 10.2 Å². The molecule has 3 rings (SSSR count). The van der Waals surface area contributed by atoms with Crippen LogP contribution >= 0.6 is 11.6 Å². The van der Waals surface area contributed by atoms with Crippen molar-refractivity contribution in [2.75, 3.05) is 36.5 Å². The lowest BCUT2D eigenvalue weighted by Gasteiger charge is -2.37. The summed E-state index contributed by atoms with van der Waals surface area (Å²) in [5, 5.41) is 12.4. The van der Waals surface area contributed by atoms with Crippen molar-refractivity contribution in [2.45, 2.75) is 26.1 Å². The number of aliphatic hydroxyl groups excluding tert-OH is 1. The Morgan fingerprint density at radius 3 is 2.58 bits per heavy atom. The Morgan fingerprint density at radius 2 is 1.96 bits per heavy atom. The first kappa shape index (κ1) is 18.7. The highest BCUT2D eigenvalue weighted by Crippen LogP contribution is 2.31. The SMILES string of the molecule is CC1CN(c2ccc(NC3=CC(=O)N(CCO)C3=O)cc2Cl)CC(C)O1. The molecule has 1 fully saturated rings. The van der Waals surface area contributed by atoms with Gasteiger partial charge in [0.25, 0.3) is 11.8 Å². The third-order valence-electron chi connectivity index (χ3n) is 4.32. The molecule has 0 saturated carbocycles. The Kier molecular flexibility index (Phi) is 5.50. The largest absolute Gasteiger partial charge is 0.395 e. The van der Waals surface area contributed by atoms with Crippen molar-refractivity contribution in [1.29, 1.82) is 0 Å². The number of nitrogens with zero attached hydrogens (tertiary/aromatic N) is 2. The lowest BCUT2D eigenvalue weighted by molar-refractivity contribution is -0.137. The molecular formula is C18H22ClN3O4. The zero-order valence-electron chi connectivity index (χ0n) is 14.7. The number of β-amino-alcohol motifs (C(OH)–C–C–N with tert-alkyl or cyclic N) is 1. The van der Waals surface area contributed by atoms with Crippen LogP contribution in [0.2, 0.25) is 5.02 Å². The number of hydrogen-bond donors (Lipinski definition) is 2. The average molecular weight is 380 g/mol. The first-order chi connectivity index (χ1) is 12.4. The summed E-state index contributed by atoms with van der Waals surface area (Å²) in [6, 6.07) is 5.44. The highest BCUT2D eigenvalue weighted by Gasteiger charge is 2.31. The number of nitrogens with one attached hydrogen (secondary N) is 1. The predicted octanol–water partition coefficient (Wildman–Crippen LogP) is 1.61. The summed E-state index contributed by atoms with van der Waals surface area (Å²) in [6.07, 6.45) is 1.47. The van der Waals surface area contributed by atoms with Crippen molar-refractivity contribution in [3.8, 4) is 0 Å². The van der Waals surface area contributed by atoms with E-state index < -0.39 is 11.8 Å². The van der Waals surface area contributed by atoms with Gasteiger partial charge in [-0.25, -0.2) is 0 Å². The van der Waals surface area contributed by atoms with Gasteiger partial charge in [-0.1, -0.05) is 11.6 Å². The molecule has 2 atom stereocenters. The van der Waals surface area contributed by atoms with Gasteiger partial charge < -0.3 is 20.1 Å². The van der Waals surface area contributed by atoms with Gasteiger partial charge in [0, 0.05) is 24.9 Å². The zero-order valence-corrected chi connectivity index (χ0v) is 15.5. The van der Waals surface area contributed by atoms with E-state index in [9.17, 15) is 9.59 Å². The lowest BCUT2D eigenvalue weighted by atomic mass is 10.2. The number of rotatable bonds is 5. The molecule has 2 amide bonds. The summed E-state index contributed by atoms with van der Waals surface area (Å²) in [5.74, 6) is -0.898. The van der Waals surface area contributed by atoms with E-state index in [1.54, 1.807) is 6.07 Å². The number of benzene rings is 1. The summed E-state index contributed by atoms with van der Waals surface area (Å²) in [5.41, 5.74) is 1.69. The molecule has 0 aliphatic carbocycles. The van der Waals surface area contributed by atoms with E-state index in [4.69, 9.17) is 21.4 Å². The quantitative estimate of drug-likeness (QED) is 0.756. The molecule has 0 bridgehead atoms. The number of ether oxygens (including phenoxy) is 1. The standard InChI is InChI=1S/C18H22ClN3O4/c1-11-9-21(10-12(2)26-11)16-4-3-13(7-14(16)19)20-15-8-17(24)22(5-6-23)18(15)25/h3-4,7-8,11-12,20,23H,5-6,9-10H2,1-2H3. The number of morpholine rings is 1. The van der Waals surface area contributed by atoms with E-state index in [1.807, 2.05) is 26.0 Å². The molecule has 2 aliphatic heterocycles. The smallest absolute Gasteiger partial charge is 0.277 e. The second-order valence-electron chi connectivity index (χ2n) is 6.53. The highest BCUT2D eigenvalue weighted by molar-refractivity contribution is 6.33. The maximum atomic E-state index is 12.2. The second kappa shape index (κ2) is 7.65. The molecule has 26 heavy (non-hydrogen) atoms. The summed E-state index contributed by atoms with van der Waals surface area (Å²) < 4.78 is 5.75. The fourth-order valence-electron chi connectivity index (χ4n) is 3.28. The average Bonchev–Trinajstić information content (AvgIpc) is 2.82. The van der Waals surface area contributed by atoms with E-state index in [-0.39, 0.29) is 31.1 Å². The van der Waals surface area contributed by atoms with Crippen molar-refractivity contribution in [3.05, 3.63) is 35.0 Å². The maximum absolute atomic E-state index is 12.2. The molecule has 0 spiro atoms. The molecule has 2 unspecified atom stereocenters. The zero-order chi connectivity index (χ0) is 18.8. The Labute approximate surface area is 157 Å². The summed E-state index contributed by atoms with van der Waals surface area (Å²) in [7, 11) is 0. The summed E-state index contributed by atoms with van der Waals surface area (Å²) in [6.45, 7) is 5.28. The fourth-order valence-corrected chi connectivity index (χ4v) is 3.58. The molecule has 0 radical (unpaired) electrons. The van der Waals surface area contributed by atoms with Gasteiger partial charge in [0.2, 0.25) is 0 Å². The molecule has 8 heteroatoms. The number of carbonyl (C=O) groups is 2. The van der Waals surface area contributed by atoms with Gasteiger partial charge in [-0.3, -0.25) is 14.5 Å². The van der Waals surface area contributed by atoms with Crippen molar-refractivity contribution >= 4 is 34.8 Å². The maximum Gasteiger partial charge on any atom is 0.277 e. The van der Waals surface area contributed by atoms with Crippen LogP contribution in [0.4, 0.5) is 11.4 Å². The van der Waals surface area contributed by atoms with Gasteiger partial charge in [-0.05, 0) is 32.0 Å². The Balaban J connectivity index is 1.73. The van der Waals surface area contributed by atoms with E-state index in [0.29, 0.717) is 10.7 Å². The Morgan fingerprint density at radius 1 is 1.27 bits per heavy atom. The van der Waals surface area contributed by atoms with Crippen molar-refractivity contribution in [1.82, 2.24) is 4.90 Å². The molecule has 1 aromatic rings. The molecule has 0 aromatic heterocycles. The Bertz CT molecular complexity index is 742. The van der Waals surface area contributed by atoms with Crippen LogP contribution in [0.1, 0.15) is 13.8 Å². The van der Waals surface area contributed by atoms with Crippen LogP contribution in [0.3, 0.4) is 0 Å². The molecule has 7 nitrogen and oxygen atoms in total. The van der Waals surface area contributed by atoms with Crippen LogP contribution in [0.5, 0.6) is 0 Å². The van der Waals surface area contributed by atoms with Crippen LogP contribution in [-0.2, 0) is 14.3 Å². The van der Waals surface area contributed by atoms with Gasteiger partial charge in [0.1, 0.15) is 5.70 Å². The summed E-state index contributed by atoms with van der Waals surface area (Å²) in [4.78, 5) is 27.2. The number of carbonyl (C=O) groups excluding carboxylic acids is 2. The molecule has 140 valence electrons. The van der Waals surface area contributed by atoms with Gasteiger partial charge >= 0.3 is 0 Å². The van der Waals surface area contributed by atoms with Crippen LogP contribution < -0.4 is 10.2 Å². The first-order valence-corrected chi connectivity index (χ1v) is 8.92.